The van der Waals surface area contributed by atoms with Crippen LogP contribution in [0, 0.1) is 5.82 Å². The van der Waals surface area contributed by atoms with Crippen LogP contribution in [-0.2, 0) is 21.3 Å². The maximum atomic E-state index is 14.2. The predicted octanol–water partition coefficient (Wildman–Crippen LogP) is 1.75. The van der Waals surface area contributed by atoms with Crippen LogP contribution in [0.4, 0.5) is 10.1 Å². The number of halogens is 1. The van der Waals surface area contributed by atoms with Gasteiger partial charge in [0.05, 0.1) is 18.4 Å². The molecule has 0 aliphatic rings. The second-order valence-electron chi connectivity index (χ2n) is 4.73. The van der Waals surface area contributed by atoms with Crippen molar-refractivity contribution in [3.63, 3.8) is 0 Å². The first kappa shape index (κ1) is 19.1. The molecule has 0 spiro atoms. The number of benzene rings is 2. The first-order chi connectivity index (χ1) is 11.8. The lowest BCUT2D eigenvalue weighted by Gasteiger charge is -2.24. The van der Waals surface area contributed by atoms with Crippen molar-refractivity contribution >= 4 is 33.1 Å². The Hall–Kier alpha value is -2.27. The van der Waals surface area contributed by atoms with Gasteiger partial charge in [-0.3, -0.25) is 8.51 Å². The van der Waals surface area contributed by atoms with Gasteiger partial charge in [-0.2, -0.15) is 0 Å². The van der Waals surface area contributed by atoms with Crippen molar-refractivity contribution in [2.45, 2.75) is 4.90 Å². The Morgan fingerprint density at radius 1 is 1.24 bits per heavy atom. The van der Waals surface area contributed by atoms with Gasteiger partial charge in [0.25, 0.3) is 0 Å². The summed E-state index contributed by atoms with van der Waals surface area (Å²) in [6.07, 6.45) is 2.35. The zero-order valence-corrected chi connectivity index (χ0v) is 14.6. The molecule has 0 aliphatic heterocycles. The lowest BCUT2D eigenvalue weighted by Crippen LogP contribution is -2.24. The molecule has 1 unspecified atom stereocenters. The summed E-state index contributed by atoms with van der Waals surface area (Å²) in [5.41, 5.74) is -0.182. The minimum atomic E-state index is -4.34. The highest BCUT2D eigenvalue weighted by molar-refractivity contribution is 7.89. The van der Waals surface area contributed by atoms with E-state index in [9.17, 15) is 21.6 Å². The second kappa shape index (κ2) is 7.74. The molecule has 25 heavy (non-hydrogen) atoms. The number of primary sulfonamides is 1. The van der Waals surface area contributed by atoms with E-state index in [0.29, 0.717) is 15.6 Å². The Morgan fingerprint density at radius 3 is 2.52 bits per heavy atom. The SMILES string of the molecule is COc1ccccc1C=CN(c1c(F)cccc1S(N)(=O)=O)S(=O)[O-]. The molecule has 7 nitrogen and oxygen atoms in total. The van der Waals surface area contributed by atoms with Crippen LogP contribution in [-0.4, -0.2) is 24.3 Å². The average molecular weight is 385 g/mol. The van der Waals surface area contributed by atoms with Crippen molar-refractivity contribution in [1.29, 1.82) is 0 Å². The molecular formula is C15H14FN2O5S2-. The Balaban J connectivity index is 2.58. The summed E-state index contributed by atoms with van der Waals surface area (Å²) in [6, 6.07) is 9.77. The fourth-order valence-electron chi connectivity index (χ4n) is 2.09. The molecule has 0 fully saturated rings. The quantitative estimate of drug-likeness (QED) is 0.761. The third-order valence-electron chi connectivity index (χ3n) is 3.17. The zero-order chi connectivity index (χ0) is 18.6. The van der Waals surface area contributed by atoms with E-state index in [-0.39, 0.29) is 0 Å². The van der Waals surface area contributed by atoms with Gasteiger partial charge in [-0.05, 0) is 24.3 Å². The zero-order valence-electron chi connectivity index (χ0n) is 13.0. The largest absolute Gasteiger partial charge is 0.755 e. The smallest absolute Gasteiger partial charge is 0.240 e. The number of methoxy groups -OCH3 is 1. The van der Waals surface area contributed by atoms with E-state index in [2.05, 4.69) is 0 Å². The van der Waals surface area contributed by atoms with E-state index in [4.69, 9.17) is 9.88 Å². The Morgan fingerprint density at radius 2 is 1.92 bits per heavy atom. The molecule has 0 amide bonds. The van der Waals surface area contributed by atoms with E-state index < -0.39 is 37.7 Å². The monoisotopic (exact) mass is 385 g/mol. The summed E-state index contributed by atoms with van der Waals surface area (Å²) in [7, 11) is -2.91. The third kappa shape index (κ3) is 4.42. The number of sulfonamides is 1. The molecule has 2 aromatic rings. The number of hydrogen-bond acceptors (Lipinski definition) is 5. The molecule has 10 heteroatoms. The molecule has 134 valence electrons. The van der Waals surface area contributed by atoms with Gasteiger partial charge in [0.2, 0.25) is 10.0 Å². The molecule has 0 heterocycles. The molecule has 2 N–H and O–H groups in total. The molecule has 0 saturated heterocycles. The lowest BCUT2D eigenvalue weighted by molar-refractivity contribution is 0.414. The molecule has 0 aliphatic carbocycles. The van der Waals surface area contributed by atoms with E-state index in [0.717, 1.165) is 24.4 Å². The van der Waals surface area contributed by atoms with Crippen LogP contribution in [0.5, 0.6) is 5.75 Å². The molecule has 0 saturated carbocycles. The van der Waals surface area contributed by atoms with Crippen molar-refractivity contribution in [2.75, 3.05) is 11.4 Å². The van der Waals surface area contributed by atoms with Crippen molar-refractivity contribution in [3.8, 4) is 5.75 Å². The predicted molar refractivity (Wildman–Crippen MR) is 91.2 cm³/mol. The molecule has 0 aromatic heterocycles. The number of rotatable bonds is 6. The summed E-state index contributed by atoms with van der Waals surface area (Å²) in [5.74, 6) is -0.601. The molecule has 1 atom stereocenters. The van der Waals surface area contributed by atoms with Gasteiger partial charge in [-0.1, -0.05) is 24.3 Å². The van der Waals surface area contributed by atoms with E-state index in [1.54, 1.807) is 24.3 Å². The van der Waals surface area contributed by atoms with Gasteiger partial charge in [0, 0.05) is 11.8 Å². The highest BCUT2D eigenvalue weighted by Gasteiger charge is 2.22. The maximum Gasteiger partial charge on any atom is 0.240 e. The van der Waals surface area contributed by atoms with Crippen molar-refractivity contribution in [1.82, 2.24) is 0 Å². The van der Waals surface area contributed by atoms with E-state index in [1.807, 2.05) is 0 Å². The fourth-order valence-corrected chi connectivity index (χ4v) is 3.38. The Kier molecular flexibility index (Phi) is 5.90. The van der Waals surface area contributed by atoms with Crippen LogP contribution in [0.25, 0.3) is 6.08 Å². The van der Waals surface area contributed by atoms with Gasteiger partial charge >= 0.3 is 0 Å². The molecule has 0 bridgehead atoms. The highest BCUT2D eigenvalue weighted by Crippen LogP contribution is 2.29. The Bertz CT molecular complexity index is 931. The third-order valence-corrected chi connectivity index (χ3v) is 4.73. The molecule has 2 aromatic carbocycles. The van der Waals surface area contributed by atoms with Gasteiger partial charge in [0.15, 0.2) is 0 Å². The first-order valence-corrected chi connectivity index (χ1v) is 9.34. The minimum Gasteiger partial charge on any atom is -0.755 e. The number of hydrogen-bond donors (Lipinski definition) is 1. The van der Waals surface area contributed by atoms with E-state index >= 15 is 0 Å². The van der Waals surface area contributed by atoms with Crippen molar-refractivity contribution < 1.29 is 26.3 Å². The minimum absolute atomic E-state index is 0.446. The molecule has 2 rings (SSSR count). The van der Waals surface area contributed by atoms with Crippen molar-refractivity contribution in [2.24, 2.45) is 5.14 Å². The standard InChI is InChI=1S/C15H15FN2O5S2/c1-23-13-7-3-2-5-11(13)9-10-18(24(19)20)15-12(16)6-4-8-14(15)25(17,21)22/h2-10H,1H3,(H,19,20)(H2,17,21,22)/p-1. The topological polar surface area (TPSA) is 113 Å². The summed E-state index contributed by atoms with van der Waals surface area (Å²) in [6.45, 7) is 0. The summed E-state index contributed by atoms with van der Waals surface area (Å²) in [5, 5.41) is 5.05. The van der Waals surface area contributed by atoms with Crippen LogP contribution in [0.3, 0.4) is 0 Å². The van der Waals surface area contributed by atoms with Crippen LogP contribution in [0.15, 0.2) is 53.6 Å². The lowest BCUT2D eigenvalue weighted by atomic mass is 10.2. The highest BCUT2D eigenvalue weighted by atomic mass is 32.2. The fraction of sp³-hybridized carbons (Fsp3) is 0.0667. The van der Waals surface area contributed by atoms with Crippen molar-refractivity contribution in [3.05, 3.63) is 60.0 Å². The van der Waals surface area contributed by atoms with Crippen LogP contribution in [0.1, 0.15) is 5.56 Å². The van der Waals surface area contributed by atoms with Gasteiger partial charge in [-0.15, -0.1) is 0 Å². The van der Waals surface area contributed by atoms with Crippen LogP contribution >= 0.6 is 0 Å². The number of nitrogens with zero attached hydrogens (tertiary/aromatic N) is 1. The van der Waals surface area contributed by atoms with Gasteiger partial charge < -0.3 is 9.29 Å². The number of ether oxygens (including phenoxy) is 1. The Labute approximate surface area is 147 Å². The molecular weight excluding hydrogens is 371 g/mol. The number of anilines is 1. The second-order valence-corrected chi connectivity index (χ2v) is 7.09. The maximum absolute atomic E-state index is 14.2. The van der Waals surface area contributed by atoms with Crippen LogP contribution in [0.2, 0.25) is 0 Å². The summed E-state index contributed by atoms with van der Waals surface area (Å²) >= 11 is -3.00. The first-order valence-electron chi connectivity index (χ1n) is 6.77. The van der Waals surface area contributed by atoms with Gasteiger partial charge in [0.1, 0.15) is 22.1 Å². The van der Waals surface area contributed by atoms with Gasteiger partial charge in [-0.25, -0.2) is 17.9 Å². The van der Waals surface area contributed by atoms with E-state index in [1.165, 1.54) is 13.2 Å². The number of para-hydroxylation sites is 2. The normalized spacial score (nSPS) is 13.0. The molecule has 0 radical (unpaired) electrons. The summed E-state index contributed by atoms with van der Waals surface area (Å²) < 4.78 is 66.1. The summed E-state index contributed by atoms with van der Waals surface area (Å²) in [4.78, 5) is -0.652. The van der Waals surface area contributed by atoms with Crippen LogP contribution < -0.4 is 14.2 Å². The average Bonchev–Trinajstić information content (AvgIpc) is 2.55. The number of nitrogens with two attached hydrogens (primary N) is 1.